The molecule has 80 valence electrons. The first-order valence-corrected chi connectivity index (χ1v) is 7.82. The van der Waals surface area contributed by atoms with Crippen LogP contribution >= 0.6 is 43.2 Å². The number of rotatable bonds is 5. The van der Waals surface area contributed by atoms with Crippen molar-refractivity contribution in [2.24, 2.45) is 11.3 Å². The molecule has 0 spiro atoms. The third-order valence-electron chi connectivity index (χ3n) is 2.77. The van der Waals surface area contributed by atoms with Gasteiger partial charge in [0.2, 0.25) is 0 Å². The van der Waals surface area contributed by atoms with Gasteiger partial charge in [-0.2, -0.15) is 0 Å². The lowest BCUT2D eigenvalue weighted by atomic mass is 9.77. The van der Waals surface area contributed by atoms with Crippen LogP contribution < -0.4 is 0 Å². The quantitative estimate of drug-likeness (QED) is 0.735. The van der Waals surface area contributed by atoms with Gasteiger partial charge in [-0.05, 0) is 17.8 Å². The van der Waals surface area contributed by atoms with E-state index in [0.717, 1.165) is 17.1 Å². The number of thiazole rings is 1. The lowest BCUT2D eigenvalue weighted by Gasteiger charge is -2.33. The third kappa shape index (κ3) is 2.80. The van der Waals surface area contributed by atoms with Gasteiger partial charge in [0.25, 0.3) is 0 Å². The van der Waals surface area contributed by atoms with Gasteiger partial charge < -0.3 is 0 Å². The van der Waals surface area contributed by atoms with Crippen LogP contribution in [0, 0.1) is 11.3 Å². The summed E-state index contributed by atoms with van der Waals surface area (Å²) in [6.07, 6.45) is 1.05. The Kier molecular flexibility index (Phi) is 5.08. The Labute approximate surface area is 107 Å². The van der Waals surface area contributed by atoms with Crippen molar-refractivity contribution in [2.75, 3.05) is 10.7 Å². The highest BCUT2D eigenvalue weighted by Crippen LogP contribution is 2.35. The fourth-order valence-corrected chi connectivity index (χ4v) is 4.51. The van der Waals surface area contributed by atoms with E-state index in [1.54, 1.807) is 11.3 Å². The summed E-state index contributed by atoms with van der Waals surface area (Å²) in [5, 5.41) is 4.17. The fraction of sp³-hybridized carbons (Fsp3) is 0.700. The standard InChI is InChI=1S/C10H15Br2NS/c1-8(2)10(5-11,6-12)3-9-4-14-7-13-9/h4,7-8H,3,5-6H2,1-2H3. The van der Waals surface area contributed by atoms with Gasteiger partial charge in [0, 0.05) is 16.0 Å². The molecule has 0 radical (unpaired) electrons. The molecule has 0 fully saturated rings. The van der Waals surface area contributed by atoms with Gasteiger partial charge in [0.1, 0.15) is 0 Å². The Balaban J connectivity index is 2.78. The normalized spacial score (nSPS) is 12.4. The molecule has 1 nitrogen and oxygen atoms in total. The Hall–Kier alpha value is 0.590. The second kappa shape index (κ2) is 5.61. The van der Waals surface area contributed by atoms with Crippen LogP contribution in [-0.2, 0) is 6.42 Å². The van der Waals surface area contributed by atoms with E-state index in [-0.39, 0.29) is 5.41 Å². The Morgan fingerprint density at radius 1 is 1.43 bits per heavy atom. The summed E-state index contributed by atoms with van der Waals surface area (Å²) in [4.78, 5) is 4.36. The maximum absolute atomic E-state index is 4.36. The van der Waals surface area contributed by atoms with Crippen LogP contribution in [0.25, 0.3) is 0 Å². The number of alkyl halides is 2. The third-order valence-corrected chi connectivity index (χ3v) is 5.64. The topological polar surface area (TPSA) is 12.9 Å². The van der Waals surface area contributed by atoms with Crippen LogP contribution in [-0.4, -0.2) is 15.6 Å². The van der Waals surface area contributed by atoms with E-state index in [0.29, 0.717) is 5.92 Å². The van der Waals surface area contributed by atoms with Gasteiger partial charge in [-0.1, -0.05) is 45.7 Å². The van der Waals surface area contributed by atoms with E-state index in [9.17, 15) is 0 Å². The number of nitrogens with zero attached hydrogens (tertiary/aromatic N) is 1. The van der Waals surface area contributed by atoms with Gasteiger partial charge in [-0.3, -0.25) is 0 Å². The molecule has 0 bridgehead atoms. The molecular formula is C10H15Br2NS. The highest BCUT2D eigenvalue weighted by Gasteiger charge is 2.32. The Morgan fingerprint density at radius 3 is 2.43 bits per heavy atom. The molecule has 1 aromatic rings. The summed E-state index contributed by atoms with van der Waals surface area (Å²) in [5.74, 6) is 0.642. The van der Waals surface area contributed by atoms with E-state index in [1.165, 1.54) is 5.69 Å². The molecule has 0 amide bonds. The summed E-state index contributed by atoms with van der Waals surface area (Å²) in [6.45, 7) is 4.55. The molecular weight excluding hydrogens is 326 g/mol. The highest BCUT2D eigenvalue weighted by atomic mass is 79.9. The van der Waals surface area contributed by atoms with Gasteiger partial charge in [0.15, 0.2) is 0 Å². The molecule has 0 atom stereocenters. The molecule has 0 saturated heterocycles. The average molecular weight is 341 g/mol. The number of hydrogen-bond donors (Lipinski definition) is 0. The number of halogens is 2. The highest BCUT2D eigenvalue weighted by molar-refractivity contribution is 9.09. The average Bonchev–Trinajstić information content (AvgIpc) is 2.66. The van der Waals surface area contributed by atoms with Crippen LogP contribution in [0.5, 0.6) is 0 Å². The molecule has 1 aromatic heterocycles. The molecule has 4 heteroatoms. The summed E-state index contributed by atoms with van der Waals surface area (Å²) < 4.78 is 0. The zero-order valence-corrected chi connectivity index (χ0v) is 12.5. The van der Waals surface area contributed by atoms with E-state index in [2.05, 4.69) is 56.1 Å². The van der Waals surface area contributed by atoms with Crippen molar-refractivity contribution < 1.29 is 0 Å². The maximum Gasteiger partial charge on any atom is 0.0794 e. The minimum absolute atomic E-state index is 0.286. The molecule has 14 heavy (non-hydrogen) atoms. The largest absolute Gasteiger partial charge is 0.250 e. The molecule has 1 heterocycles. The van der Waals surface area contributed by atoms with Gasteiger partial charge in [-0.15, -0.1) is 11.3 Å². The van der Waals surface area contributed by atoms with Gasteiger partial charge in [0.05, 0.1) is 11.2 Å². The van der Waals surface area contributed by atoms with Crippen LogP contribution in [0.3, 0.4) is 0 Å². The Bertz CT molecular complexity index is 255. The smallest absolute Gasteiger partial charge is 0.0794 e. The summed E-state index contributed by atoms with van der Waals surface area (Å²) in [7, 11) is 0. The van der Waals surface area contributed by atoms with Crippen molar-refractivity contribution in [3.8, 4) is 0 Å². The predicted octanol–water partition coefficient (Wildman–Crippen LogP) is 4.12. The van der Waals surface area contributed by atoms with Crippen molar-refractivity contribution in [2.45, 2.75) is 20.3 Å². The molecule has 0 aromatic carbocycles. The zero-order valence-electron chi connectivity index (χ0n) is 8.46. The second-order valence-electron chi connectivity index (χ2n) is 3.94. The molecule has 0 aliphatic rings. The molecule has 1 rings (SSSR count). The maximum atomic E-state index is 4.36. The van der Waals surface area contributed by atoms with Crippen molar-refractivity contribution in [3.05, 3.63) is 16.6 Å². The molecule has 0 saturated carbocycles. The minimum atomic E-state index is 0.286. The lowest BCUT2D eigenvalue weighted by Crippen LogP contribution is -2.33. The van der Waals surface area contributed by atoms with Crippen LogP contribution in [0.1, 0.15) is 19.5 Å². The number of hydrogen-bond acceptors (Lipinski definition) is 2. The molecule has 0 unspecified atom stereocenters. The Morgan fingerprint density at radius 2 is 2.07 bits per heavy atom. The molecule has 0 N–H and O–H groups in total. The minimum Gasteiger partial charge on any atom is -0.250 e. The first-order valence-electron chi connectivity index (χ1n) is 4.63. The van der Waals surface area contributed by atoms with Crippen LogP contribution in [0.2, 0.25) is 0 Å². The van der Waals surface area contributed by atoms with E-state index in [1.807, 2.05) is 5.51 Å². The monoisotopic (exact) mass is 339 g/mol. The van der Waals surface area contributed by atoms with E-state index in [4.69, 9.17) is 0 Å². The summed E-state index contributed by atoms with van der Waals surface area (Å²) in [6, 6.07) is 0. The summed E-state index contributed by atoms with van der Waals surface area (Å²) >= 11 is 8.92. The summed E-state index contributed by atoms with van der Waals surface area (Å²) in [5.41, 5.74) is 3.40. The van der Waals surface area contributed by atoms with E-state index >= 15 is 0 Å². The number of aromatic nitrogens is 1. The fourth-order valence-electron chi connectivity index (χ4n) is 1.33. The van der Waals surface area contributed by atoms with Crippen molar-refractivity contribution in [1.82, 2.24) is 4.98 Å². The first-order chi connectivity index (χ1) is 6.64. The van der Waals surface area contributed by atoms with Gasteiger partial charge >= 0.3 is 0 Å². The van der Waals surface area contributed by atoms with Crippen molar-refractivity contribution in [1.29, 1.82) is 0 Å². The zero-order chi connectivity index (χ0) is 10.6. The molecule has 0 aliphatic carbocycles. The van der Waals surface area contributed by atoms with Crippen LogP contribution in [0.15, 0.2) is 10.9 Å². The SMILES string of the molecule is CC(C)C(CBr)(CBr)Cc1cscn1. The lowest BCUT2D eigenvalue weighted by molar-refractivity contribution is 0.266. The second-order valence-corrected chi connectivity index (χ2v) is 5.78. The van der Waals surface area contributed by atoms with Crippen molar-refractivity contribution >= 4 is 43.2 Å². The predicted molar refractivity (Wildman–Crippen MR) is 70.7 cm³/mol. The first kappa shape index (κ1) is 12.7. The van der Waals surface area contributed by atoms with Crippen LogP contribution in [0.4, 0.5) is 0 Å². The van der Waals surface area contributed by atoms with E-state index < -0.39 is 0 Å². The van der Waals surface area contributed by atoms with Crippen molar-refractivity contribution in [3.63, 3.8) is 0 Å². The van der Waals surface area contributed by atoms with Gasteiger partial charge in [-0.25, -0.2) is 4.98 Å². The molecule has 0 aliphatic heterocycles.